The summed E-state index contributed by atoms with van der Waals surface area (Å²) in [6, 6.07) is 0. The van der Waals surface area contributed by atoms with E-state index in [1.807, 2.05) is 7.05 Å². The van der Waals surface area contributed by atoms with Crippen molar-refractivity contribution in [3.05, 3.63) is 0 Å². The van der Waals surface area contributed by atoms with Crippen LogP contribution in [0, 0.1) is 17.8 Å². The highest BCUT2D eigenvalue weighted by Gasteiger charge is 2.39. The van der Waals surface area contributed by atoms with Gasteiger partial charge in [-0.25, -0.2) is 0 Å². The van der Waals surface area contributed by atoms with Crippen LogP contribution in [-0.2, 0) is 23.8 Å². The lowest BCUT2D eigenvalue weighted by Gasteiger charge is -2.41. The molecule has 1 aliphatic heterocycles. The molecule has 0 radical (unpaired) electrons. The number of piperidine rings is 1. The van der Waals surface area contributed by atoms with Gasteiger partial charge in [0.1, 0.15) is 12.2 Å². The molecule has 8 atom stereocenters. The quantitative estimate of drug-likeness (QED) is 0.125. The van der Waals surface area contributed by atoms with Gasteiger partial charge in [0, 0.05) is 34.0 Å². The Hall–Kier alpha value is -1.26. The molecule has 0 aromatic rings. The Morgan fingerprint density at radius 3 is 2.37 bits per heavy atom. The summed E-state index contributed by atoms with van der Waals surface area (Å²) in [7, 11) is 3.63. The zero-order valence-corrected chi connectivity index (χ0v) is 24.5. The Bertz CT molecular complexity index is 681. The number of rotatable bonds is 17. The van der Waals surface area contributed by atoms with Gasteiger partial charge in [-0.15, -0.1) is 0 Å². The van der Waals surface area contributed by atoms with Crippen LogP contribution in [-0.4, -0.2) is 75.0 Å². The van der Waals surface area contributed by atoms with Crippen molar-refractivity contribution >= 4 is 11.9 Å². The van der Waals surface area contributed by atoms with E-state index in [9.17, 15) is 14.7 Å². The van der Waals surface area contributed by atoms with E-state index in [1.54, 1.807) is 7.11 Å². The standard InChI is InChI=1S/C29H55N3O6/c1-6-7-8-9-25(37-20(2)33)18-26(38-21(3)34)11-10-22-14-24(29(35)27(16-22)36-5)15-23-12-13-31-28(17-23)32-19-30-4/h22-32,35H,6-19H2,1-5H3/t22?,23?,24?,25-,26+,27?,28?,29?/m0/s1. The summed E-state index contributed by atoms with van der Waals surface area (Å²) in [6.45, 7) is 6.78. The molecule has 38 heavy (non-hydrogen) atoms. The molecule has 1 aliphatic carbocycles. The number of unbranched alkanes of at least 4 members (excludes halogenated alkanes) is 2. The molecule has 0 bridgehead atoms. The van der Waals surface area contributed by atoms with Gasteiger partial charge in [-0.3, -0.25) is 14.9 Å². The molecular formula is C29H55N3O6. The van der Waals surface area contributed by atoms with Crippen LogP contribution >= 0.6 is 0 Å². The molecule has 1 saturated carbocycles. The second-order valence-corrected chi connectivity index (χ2v) is 11.5. The highest BCUT2D eigenvalue weighted by Crippen LogP contribution is 2.39. The van der Waals surface area contributed by atoms with Crippen molar-refractivity contribution in [3.63, 3.8) is 0 Å². The number of nitrogens with one attached hydrogen (secondary N) is 3. The third kappa shape index (κ3) is 12.3. The Balaban J connectivity index is 1.97. The minimum absolute atomic E-state index is 0.173. The molecule has 2 fully saturated rings. The lowest BCUT2D eigenvalue weighted by atomic mass is 9.71. The largest absolute Gasteiger partial charge is 0.462 e. The molecular weight excluding hydrogens is 486 g/mol. The maximum atomic E-state index is 11.9. The van der Waals surface area contributed by atoms with Crippen molar-refractivity contribution in [2.75, 3.05) is 27.4 Å². The van der Waals surface area contributed by atoms with E-state index < -0.39 is 6.10 Å². The van der Waals surface area contributed by atoms with E-state index in [1.165, 1.54) is 13.8 Å². The second-order valence-electron chi connectivity index (χ2n) is 11.5. The van der Waals surface area contributed by atoms with Crippen molar-refractivity contribution in [1.82, 2.24) is 16.0 Å². The molecule has 1 heterocycles. The minimum Gasteiger partial charge on any atom is -0.462 e. The zero-order valence-electron chi connectivity index (χ0n) is 24.5. The molecule has 0 spiro atoms. The Labute approximate surface area is 230 Å². The molecule has 0 aromatic carbocycles. The number of ether oxygens (including phenoxy) is 3. The molecule has 0 amide bonds. The van der Waals surface area contributed by atoms with Gasteiger partial charge in [-0.1, -0.05) is 19.8 Å². The highest BCUT2D eigenvalue weighted by atomic mass is 16.6. The molecule has 6 unspecified atom stereocenters. The summed E-state index contributed by atoms with van der Waals surface area (Å²) in [5, 5.41) is 21.3. The summed E-state index contributed by atoms with van der Waals surface area (Å²) < 4.78 is 17.0. The maximum Gasteiger partial charge on any atom is 0.302 e. The lowest BCUT2D eigenvalue weighted by molar-refractivity contribution is -0.153. The van der Waals surface area contributed by atoms with Crippen LogP contribution in [0.4, 0.5) is 0 Å². The summed E-state index contributed by atoms with van der Waals surface area (Å²) in [6.07, 6.45) is 10.2. The number of esters is 2. The second kappa shape index (κ2) is 18.2. The van der Waals surface area contributed by atoms with Crippen LogP contribution in [0.25, 0.3) is 0 Å². The number of aliphatic hydroxyl groups is 1. The third-order valence-electron chi connectivity index (χ3n) is 8.26. The highest BCUT2D eigenvalue weighted by molar-refractivity contribution is 5.66. The first-order valence-corrected chi connectivity index (χ1v) is 14.9. The first-order valence-electron chi connectivity index (χ1n) is 14.9. The summed E-state index contributed by atoms with van der Waals surface area (Å²) in [5.74, 6) is 0.550. The van der Waals surface area contributed by atoms with Crippen LogP contribution in [0.2, 0.25) is 0 Å². The zero-order chi connectivity index (χ0) is 27.9. The van der Waals surface area contributed by atoms with Gasteiger partial charge >= 0.3 is 11.9 Å². The molecule has 4 N–H and O–H groups in total. The molecule has 9 heteroatoms. The number of methoxy groups -OCH3 is 1. The summed E-state index contributed by atoms with van der Waals surface area (Å²) in [4.78, 5) is 23.6. The average Bonchev–Trinajstić information content (AvgIpc) is 2.87. The molecule has 0 aromatic heterocycles. The summed E-state index contributed by atoms with van der Waals surface area (Å²) in [5.41, 5.74) is 0. The van der Waals surface area contributed by atoms with Gasteiger partial charge in [-0.2, -0.15) is 0 Å². The minimum atomic E-state index is -0.453. The fraction of sp³-hybridized carbons (Fsp3) is 0.931. The number of carbonyl (C=O) groups is 2. The van der Waals surface area contributed by atoms with Gasteiger partial charge in [0.25, 0.3) is 0 Å². The smallest absolute Gasteiger partial charge is 0.302 e. The fourth-order valence-electron chi connectivity index (χ4n) is 6.42. The molecule has 222 valence electrons. The van der Waals surface area contributed by atoms with Crippen LogP contribution < -0.4 is 16.0 Å². The SMILES string of the molecule is CCCCC[C@@H](C[C@@H](CCC1CC(CC2CCNC(NCNC)C2)C(O)C(OC)C1)OC(C)=O)OC(C)=O. The normalized spacial score (nSPS) is 29.4. The molecule has 2 rings (SSSR count). The van der Waals surface area contributed by atoms with E-state index in [-0.39, 0.29) is 36.2 Å². The van der Waals surface area contributed by atoms with Gasteiger partial charge in [0.2, 0.25) is 0 Å². The van der Waals surface area contributed by atoms with E-state index in [0.29, 0.717) is 24.4 Å². The first kappa shape index (κ1) is 32.9. The van der Waals surface area contributed by atoms with Crippen molar-refractivity contribution in [2.45, 2.75) is 128 Å². The fourth-order valence-corrected chi connectivity index (χ4v) is 6.42. The number of carbonyl (C=O) groups excluding carboxylic acids is 2. The Morgan fingerprint density at radius 1 is 1.03 bits per heavy atom. The van der Waals surface area contributed by atoms with Crippen LogP contribution in [0.3, 0.4) is 0 Å². The van der Waals surface area contributed by atoms with Gasteiger partial charge in [0.05, 0.1) is 18.4 Å². The van der Waals surface area contributed by atoms with Crippen LogP contribution in [0.15, 0.2) is 0 Å². The topological polar surface area (TPSA) is 118 Å². The van der Waals surface area contributed by atoms with Crippen molar-refractivity contribution in [1.29, 1.82) is 0 Å². The monoisotopic (exact) mass is 541 g/mol. The summed E-state index contributed by atoms with van der Waals surface area (Å²) >= 11 is 0. The number of hydrogen-bond donors (Lipinski definition) is 4. The lowest BCUT2D eigenvalue weighted by Crippen LogP contribution is -2.51. The van der Waals surface area contributed by atoms with Crippen LogP contribution in [0.1, 0.15) is 97.8 Å². The maximum absolute atomic E-state index is 11.9. The average molecular weight is 542 g/mol. The third-order valence-corrected chi connectivity index (χ3v) is 8.26. The number of hydrogen-bond acceptors (Lipinski definition) is 9. The van der Waals surface area contributed by atoms with Crippen LogP contribution in [0.5, 0.6) is 0 Å². The first-order chi connectivity index (χ1) is 18.2. The van der Waals surface area contributed by atoms with E-state index in [2.05, 4.69) is 22.9 Å². The Kier molecular flexibility index (Phi) is 15.7. The van der Waals surface area contributed by atoms with E-state index in [4.69, 9.17) is 14.2 Å². The molecule has 9 nitrogen and oxygen atoms in total. The molecule has 1 saturated heterocycles. The van der Waals surface area contributed by atoms with Crippen molar-refractivity contribution in [3.8, 4) is 0 Å². The predicted molar refractivity (Wildman–Crippen MR) is 148 cm³/mol. The van der Waals surface area contributed by atoms with Crippen molar-refractivity contribution < 1.29 is 28.9 Å². The van der Waals surface area contributed by atoms with E-state index >= 15 is 0 Å². The van der Waals surface area contributed by atoms with E-state index in [0.717, 1.165) is 83.8 Å². The number of aliphatic hydroxyl groups excluding tert-OH is 1. The van der Waals surface area contributed by atoms with Gasteiger partial charge < -0.3 is 30.0 Å². The van der Waals surface area contributed by atoms with Gasteiger partial charge in [-0.05, 0) is 89.1 Å². The van der Waals surface area contributed by atoms with Crippen molar-refractivity contribution in [2.24, 2.45) is 17.8 Å². The Morgan fingerprint density at radius 2 is 1.74 bits per heavy atom. The predicted octanol–water partition coefficient (Wildman–Crippen LogP) is 3.48. The van der Waals surface area contributed by atoms with Gasteiger partial charge in [0.15, 0.2) is 0 Å². The molecule has 2 aliphatic rings.